The van der Waals surface area contributed by atoms with Crippen molar-refractivity contribution >= 4 is 35.6 Å². The maximum absolute atomic E-state index is 5.49. The Kier molecular flexibility index (Phi) is 11.0. The number of rotatable bonds is 8. The molecule has 0 bridgehead atoms. The van der Waals surface area contributed by atoms with E-state index in [1.807, 2.05) is 0 Å². The number of aliphatic imine (C=N–C) groups is 1. The molecule has 0 amide bonds. The summed E-state index contributed by atoms with van der Waals surface area (Å²) >= 11 is 0. The maximum atomic E-state index is 5.49. The van der Waals surface area contributed by atoms with Crippen LogP contribution >= 0.6 is 24.0 Å². The molecule has 1 aromatic carbocycles. The molecular formula is C20H35IN4O. The number of halogens is 1. The number of aryl methyl sites for hydroxylation is 1. The van der Waals surface area contributed by atoms with Gasteiger partial charge in [-0.1, -0.05) is 18.2 Å². The lowest BCUT2D eigenvalue weighted by Gasteiger charge is -2.26. The second-order valence-corrected chi connectivity index (χ2v) is 6.71. The van der Waals surface area contributed by atoms with Crippen LogP contribution < -0.4 is 10.2 Å². The van der Waals surface area contributed by atoms with Gasteiger partial charge in [-0.3, -0.25) is 4.99 Å². The molecule has 0 radical (unpaired) electrons. The van der Waals surface area contributed by atoms with Gasteiger partial charge in [-0.15, -0.1) is 24.0 Å². The van der Waals surface area contributed by atoms with Crippen LogP contribution in [-0.4, -0.2) is 63.8 Å². The molecule has 1 aliphatic rings. The molecule has 0 aliphatic carbocycles. The number of para-hydroxylation sites is 1. The first-order valence-electron chi connectivity index (χ1n) is 9.53. The summed E-state index contributed by atoms with van der Waals surface area (Å²) < 4.78 is 5.49. The first kappa shape index (κ1) is 23.0. The molecule has 1 aromatic rings. The number of likely N-dealkylation sites (N-methyl/N-ethyl adjacent to an activating group) is 1. The minimum Gasteiger partial charge on any atom is -0.381 e. The van der Waals surface area contributed by atoms with E-state index in [1.54, 1.807) is 0 Å². The molecule has 1 N–H and O–H groups in total. The fourth-order valence-electron chi connectivity index (χ4n) is 3.31. The van der Waals surface area contributed by atoms with Gasteiger partial charge in [-0.05, 0) is 38.8 Å². The van der Waals surface area contributed by atoms with Crippen molar-refractivity contribution in [1.82, 2.24) is 10.2 Å². The van der Waals surface area contributed by atoms with Crippen LogP contribution in [0.3, 0.4) is 0 Å². The van der Waals surface area contributed by atoms with E-state index in [2.05, 4.69) is 67.2 Å². The van der Waals surface area contributed by atoms with Crippen LogP contribution in [0.2, 0.25) is 0 Å². The molecular weight excluding hydrogens is 439 g/mol. The molecule has 26 heavy (non-hydrogen) atoms. The Morgan fingerprint density at radius 3 is 2.69 bits per heavy atom. The Morgan fingerprint density at radius 2 is 2.08 bits per heavy atom. The monoisotopic (exact) mass is 474 g/mol. The number of anilines is 1. The van der Waals surface area contributed by atoms with Gasteiger partial charge in [0.2, 0.25) is 0 Å². The highest BCUT2D eigenvalue weighted by molar-refractivity contribution is 14.0. The normalized spacial score (nSPS) is 16.9. The zero-order valence-corrected chi connectivity index (χ0v) is 19.0. The van der Waals surface area contributed by atoms with Gasteiger partial charge in [0.15, 0.2) is 5.96 Å². The van der Waals surface area contributed by atoms with Crippen molar-refractivity contribution in [1.29, 1.82) is 0 Å². The predicted molar refractivity (Wildman–Crippen MR) is 122 cm³/mol. The van der Waals surface area contributed by atoms with Crippen LogP contribution in [0, 0.1) is 12.8 Å². The molecule has 1 heterocycles. The van der Waals surface area contributed by atoms with Crippen LogP contribution in [-0.2, 0) is 4.74 Å². The third-order valence-electron chi connectivity index (χ3n) is 4.72. The van der Waals surface area contributed by atoms with Gasteiger partial charge in [0.1, 0.15) is 0 Å². The topological polar surface area (TPSA) is 40.1 Å². The first-order chi connectivity index (χ1) is 12.2. The molecule has 0 spiro atoms. The molecule has 1 saturated heterocycles. The fraction of sp³-hybridized carbons (Fsp3) is 0.650. The molecule has 1 unspecified atom stereocenters. The smallest absolute Gasteiger partial charge is 0.193 e. The molecule has 1 fully saturated rings. The van der Waals surface area contributed by atoms with Crippen LogP contribution in [0.5, 0.6) is 0 Å². The van der Waals surface area contributed by atoms with Crippen molar-refractivity contribution < 1.29 is 4.74 Å². The number of nitrogens with zero attached hydrogens (tertiary/aromatic N) is 3. The van der Waals surface area contributed by atoms with Gasteiger partial charge in [0, 0.05) is 51.4 Å². The van der Waals surface area contributed by atoms with E-state index in [9.17, 15) is 0 Å². The number of benzene rings is 1. The molecule has 5 nitrogen and oxygen atoms in total. The lowest BCUT2D eigenvalue weighted by Crippen LogP contribution is -2.42. The number of guanidine groups is 1. The van der Waals surface area contributed by atoms with E-state index in [-0.39, 0.29) is 24.0 Å². The minimum atomic E-state index is 0. The number of hydrogen-bond acceptors (Lipinski definition) is 3. The third kappa shape index (κ3) is 6.95. The lowest BCUT2D eigenvalue weighted by molar-refractivity contribution is 0.181. The number of hydrogen-bond donors (Lipinski definition) is 1. The van der Waals surface area contributed by atoms with Crippen molar-refractivity contribution in [2.24, 2.45) is 10.9 Å². The van der Waals surface area contributed by atoms with E-state index in [0.717, 1.165) is 58.3 Å². The van der Waals surface area contributed by atoms with Crippen LogP contribution in [0.25, 0.3) is 0 Å². The summed E-state index contributed by atoms with van der Waals surface area (Å²) in [5, 5.41) is 3.42. The Hall–Kier alpha value is -1.02. The Labute approximate surface area is 176 Å². The molecule has 6 heteroatoms. The summed E-state index contributed by atoms with van der Waals surface area (Å²) in [4.78, 5) is 9.49. The average molecular weight is 474 g/mol. The summed E-state index contributed by atoms with van der Waals surface area (Å²) in [5.74, 6) is 1.61. The van der Waals surface area contributed by atoms with Crippen molar-refractivity contribution in [3.63, 3.8) is 0 Å². The van der Waals surface area contributed by atoms with E-state index < -0.39 is 0 Å². The van der Waals surface area contributed by atoms with Gasteiger partial charge in [0.05, 0.1) is 13.2 Å². The maximum Gasteiger partial charge on any atom is 0.193 e. The average Bonchev–Trinajstić information content (AvgIpc) is 3.11. The SMILES string of the molecule is CCNC(=NCCN(CC)c1ccccc1C)N(C)CC1CCOC1.I. The van der Waals surface area contributed by atoms with Gasteiger partial charge in [-0.2, -0.15) is 0 Å². The molecule has 1 atom stereocenters. The van der Waals surface area contributed by atoms with Crippen molar-refractivity contribution in [3.05, 3.63) is 29.8 Å². The molecule has 1 aliphatic heterocycles. The molecule has 0 aromatic heterocycles. The highest BCUT2D eigenvalue weighted by Gasteiger charge is 2.19. The Balaban J connectivity index is 0.00000338. The predicted octanol–water partition coefficient (Wildman–Crippen LogP) is 3.37. The highest BCUT2D eigenvalue weighted by atomic mass is 127. The summed E-state index contributed by atoms with van der Waals surface area (Å²) in [6.45, 7) is 12.9. The summed E-state index contributed by atoms with van der Waals surface area (Å²) in [5.41, 5.74) is 2.63. The van der Waals surface area contributed by atoms with Crippen LogP contribution in [0.1, 0.15) is 25.8 Å². The van der Waals surface area contributed by atoms with Crippen molar-refractivity contribution in [2.75, 3.05) is 57.9 Å². The zero-order chi connectivity index (χ0) is 18.1. The van der Waals surface area contributed by atoms with E-state index in [0.29, 0.717) is 5.92 Å². The van der Waals surface area contributed by atoms with E-state index in [1.165, 1.54) is 11.3 Å². The number of nitrogens with one attached hydrogen (secondary N) is 1. The largest absolute Gasteiger partial charge is 0.381 e. The standard InChI is InChI=1S/C20H34N4O.HI/c1-5-21-20(23(4)15-18-11-14-25-16-18)22-12-13-24(6-2)19-10-8-7-9-17(19)3;/h7-10,18H,5-6,11-16H2,1-4H3,(H,21,22);1H. The Morgan fingerprint density at radius 1 is 1.31 bits per heavy atom. The quantitative estimate of drug-likeness (QED) is 0.357. The van der Waals surface area contributed by atoms with E-state index >= 15 is 0 Å². The first-order valence-corrected chi connectivity index (χ1v) is 9.53. The van der Waals surface area contributed by atoms with Crippen LogP contribution in [0.4, 0.5) is 5.69 Å². The van der Waals surface area contributed by atoms with Crippen molar-refractivity contribution in [3.8, 4) is 0 Å². The minimum absolute atomic E-state index is 0. The summed E-state index contributed by atoms with van der Waals surface area (Å²) in [7, 11) is 2.12. The molecule has 2 rings (SSSR count). The van der Waals surface area contributed by atoms with Gasteiger partial charge >= 0.3 is 0 Å². The van der Waals surface area contributed by atoms with Gasteiger partial charge in [-0.25, -0.2) is 0 Å². The third-order valence-corrected chi connectivity index (χ3v) is 4.72. The lowest BCUT2D eigenvalue weighted by atomic mass is 10.1. The second-order valence-electron chi connectivity index (χ2n) is 6.71. The summed E-state index contributed by atoms with van der Waals surface area (Å²) in [6, 6.07) is 8.56. The highest BCUT2D eigenvalue weighted by Crippen LogP contribution is 2.18. The molecule has 148 valence electrons. The zero-order valence-electron chi connectivity index (χ0n) is 16.7. The number of ether oxygens (including phenoxy) is 1. The second kappa shape index (κ2) is 12.4. The molecule has 0 saturated carbocycles. The fourth-order valence-corrected chi connectivity index (χ4v) is 3.31. The van der Waals surface area contributed by atoms with Gasteiger partial charge < -0.3 is 19.9 Å². The van der Waals surface area contributed by atoms with E-state index in [4.69, 9.17) is 9.73 Å². The van der Waals surface area contributed by atoms with Crippen molar-refractivity contribution in [2.45, 2.75) is 27.2 Å². The summed E-state index contributed by atoms with van der Waals surface area (Å²) in [6.07, 6.45) is 1.15. The Bertz CT molecular complexity index is 546. The van der Waals surface area contributed by atoms with Crippen LogP contribution in [0.15, 0.2) is 29.3 Å². The van der Waals surface area contributed by atoms with Gasteiger partial charge in [0.25, 0.3) is 0 Å².